The summed E-state index contributed by atoms with van der Waals surface area (Å²) < 4.78 is 12.1. The third-order valence-corrected chi connectivity index (χ3v) is 9.25. The van der Waals surface area contributed by atoms with E-state index in [1.54, 1.807) is 13.2 Å². The molecule has 0 aromatic heterocycles. The van der Waals surface area contributed by atoms with Crippen LogP contribution < -0.4 is 16.0 Å². The minimum Gasteiger partial charge on any atom is -0.388 e. The van der Waals surface area contributed by atoms with E-state index < -0.39 is 47.3 Å². The lowest BCUT2D eigenvalue weighted by Gasteiger charge is -2.44. The van der Waals surface area contributed by atoms with Crippen molar-refractivity contribution in [2.75, 3.05) is 32.5 Å². The summed E-state index contributed by atoms with van der Waals surface area (Å²) in [6, 6.07) is -1.27. The van der Waals surface area contributed by atoms with Gasteiger partial charge >= 0.3 is 0 Å². The first-order valence-electron chi connectivity index (χ1n) is 12.5. The predicted octanol–water partition coefficient (Wildman–Crippen LogP) is -0.348. The second-order valence-electron chi connectivity index (χ2n) is 10.2. The minimum absolute atomic E-state index is 0.207. The lowest BCUT2D eigenvalue weighted by atomic mass is 9.77. The summed E-state index contributed by atoms with van der Waals surface area (Å²) >= 11 is 7.65. The Kier molecular flexibility index (Phi) is 9.42. The molecule has 0 saturated carbocycles. The van der Waals surface area contributed by atoms with Crippen molar-refractivity contribution in [1.29, 1.82) is 0 Å². The Balaban J connectivity index is 1.41. The van der Waals surface area contributed by atoms with Gasteiger partial charge in [0.25, 0.3) is 0 Å². The third kappa shape index (κ3) is 5.70. The highest BCUT2D eigenvalue weighted by molar-refractivity contribution is 7.99. The van der Waals surface area contributed by atoms with Gasteiger partial charge in [-0.1, -0.05) is 0 Å². The summed E-state index contributed by atoms with van der Waals surface area (Å²) in [4.78, 5) is 13.4. The summed E-state index contributed by atoms with van der Waals surface area (Å²) in [6.45, 7) is 5.25. The normalized spacial score (nSPS) is 43.5. The van der Waals surface area contributed by atoms with Gasteiger partial charge in [0.1, 0.15) is 35.9 Å². The summed E-state index contributed by atoms with van der Waals surface area (Å²) in [6.07, 6.45) is 1.09. The number of nitrogens with one attached hydrogen (secondary N) is 3. The van der Waals surface area contributed by atoms with Gasteiger partial charge in [0.2, 0.25) is 5.91 Å². The number of hydrogen-bond donors (Lipinski definition) is 6. The van der Waals surface area contributed by atoms with Crippen LogP contribution >= 0.6 is 23.4 Å². The Morgan fingerprint density at radius 1 is 1.09 bits per heavy atom. The largest absolute Gasteiger partial charge is 0.388 e. The van der Waals surface area contributed by atoms with E-state index in [2.05, 4.69) is 16.0 Å². The van der Waals surface area contributed by atoms with Gasteiger partial charge in [0.15, 0.2) is 0 Å². The molecular weight excluding hydrogens is 482 g/mol. The van der Waals surface area contributed by atoms with Crippen LogP contribution in [0.5, 0.6) is 0 Å². The number of carbonyl (C=O) groups is 1. The lowest BCUT2D eigenvalue weighted by molar-refractivity contribution is -0.205. The number of amides is 1. The second kappa shape index (κ2) is 11.9. The van der Waals surface area contributed by atoms with E-state index in [-0.39, 0.29) is 17.9 Å². The van der Waals surface area contributed by atoms with Crippen LogP contribution in [0.1, 0.15) is 32.6 Å². The number of thioether (sulfide) groups is 1. The Bertz CT molecular complexity index is 685. The summed E-state index contributed by atoms with van der Waals surface area (Å²) in [7, 11) is 0. The van der Waals surface area contributed by atoms with E-state index in [1.165, 1.54) is 24.6 Å². The molecule has 6 N–H and O–H groups in total. The zero-order valence-corrected chi connectivity index (χ0v) is 21.5. The maximum absolute atomic E-state index is 13.4. The summed E-state index contributed by atoms with van der Waals surface area (Å²) in [5.41, 5.74) is -0.732. The standard InChI is InChI=1S/C23H40ClN3O6S/c1-11(24)15(21-18(29)17(28)19(30)23(33-21)34-2)27-22(31)16-20-14(10-26-16)9-13(5-8-32-20)12-3-6-25-7-4-12/h11-21,23,25-26,28-30H,3-10H2,1-2H3,(H,27,31)/t11-,13-,14-,15+,16-,17?,18?,19+,20+,21+,23?/m0/s1. The predicted molar refractivity (Wildman–Crippen MR) is 131 cm³/mol. The number of fused-ring (bicyclic) bond motifs is 1. The van der Waals surface area contributed by atoms with E-state index in [0.29, 0.717) is 18.4 Å². The zero-order valence-electron chi connectivity index (χ0n) is 19.9. The number of rotatable bonds is 6. The Labute approximate surface area is 211 Å². The first kappa shape index (κ1) is 26.9. The molecule has 4 aliphatic heterocycles. The third-order valence-electron chi connectivity index (χ3n) is 8.13. The topological polar surface area (TPSA) is 132 Å². The highest BCUT2D eigenvalue weighted by Gasteiger charge is 2.49. The number of halogens is 1. The van der Waals surface area contributed by atoms with Crippen LogP contribution in [0.15, 0.2) is 0 Å². The first-order valence-corrected chi connectivity index (χ1v) is 14.3. The SMILES string of the molecule is CSC1O[C@H]([C@H](NC(=O)[C@H]2NC[C@@H]3C[C@@H](C4CCNCC4)CCO[C@H]32)[C@H](C)Cl)C(O)C(O)[C@H]1O. The van der Waals surface area contributed by atoms with Crippen molar-refractivity contribution >= 4 is 29.3 Å². The molecule has 0 aromatic rings. The van der Waals surface area contributed by atoms with Crippen LogP contribution in [0.2, 0.25) is 0 Å². The molecule has 34 heavy (non-hydrogen) atoms. The van der Waals surface area contributed by atoms with Gasteiger partial charge in [-0.2, -0.15) is 0 Å². The number of hydrogen-bond acceptors (Lipinski definition) is 9. The number of alkyl halides is 1. The molecule has 3 unspecified atom stereocenters. The fourth-order valence-electron chi connectivity index (χ4n) is 6.16. The molecule has 0 aromatic carbocycles. The number of piperidine rings is 1. The van der Waals surface area contributed by atoms with E-state index in [9.17, 15) is 20.1 Å². The highest BCUT2D eigenvalue weighted by atomic mass is 35.5. The molecule has 196 valence electrons. The molecule has 4 fully saturated rings. The molecule has 4 heterocycles. The number of carbonyl (C=O) groups excluding carboxylic acids is 1. The molecule has 4 saturated heterocycles. The average molecular weight is 522 g/mol. The average Bonchev–Trinajstić information content (AvgIpc) is 3.11. The van der Waals surface area contributed by atoms with Crippen LogP contribution in [0, 0.1) is 17.8 Å². The maximum atomic E-state index is 13.4. The second-order valence-corrected chi connectivity index (χ2v) is 11.9. The van der Waals surface area contributed by atoms with Crippen molar-refractivity contribution in [3.05, 3.63) is 0 Å². The molecule has 0 aliphatic carbocycles. The van der Waals surface area contributed by atoms with Gasteiger partial charge in [0, 0.05) is 13.2 Å². The van der Waals surface area contributed by atoms with Crippen LogP contribution in [0.3, 0.4) is 0 Å². The molecule has 4 rings (SSSR count). The van der Waals surface area contributed by atoms with Gasteiger partial charge in [0.05, 0.1) is 17.5 Å². The number of aliphatic hydroxyl groups excluding tert-OH is 3. The van der Waals surface area contributed by atoms with Crippen LogP contribution in [-0.2, 0) is 14.3 Å². The smallest absolute Gasteiger partial charge is 0.240 e. The van der Waals surface area contributed by atoms with Crippen LogP contribution in [-0.4, -0.2) is 107 Å². The number of aliphatic hydroxyl groups is 3. The summed E-state index contributed by atoms with van der Waals surface area (Å²) in [5, 5.41) is 40.3. The molecule has 1 amide bonds. The molecule has 4 aliphatic rings. The van der Waals surface area contributed by atoms with Crippen molar-refractivity contribution < 1.29 is 29.6 Å². The Morgan fingerprint density at radius 3 is 2.50 bits per heavy atom. The lowest BCUT2D eigenvalue weighted by Crippen LogP contribution is -2.65. The Hall–Kier alpha value is -0.170. The molecule has 0 radical (unpaired) electrons. The van der Waals surface area contributed by atoms with E-state index >= 15 is 0 Å². The minimum atomic E-state index is -1.39. The number of ether oxygens (including phenoxy) is 2. The van der Waals surface area contributed by atoms with Crippen molar-refractivity contribution in [3.63, 3.8) is 0 Å². The first-order chi connectivity index (χ1) is 16.3. The van der Waals surface area contributed by atoms with Crippen molar-refractivity contribution in [2.45, 2.75) is 86.0 Å². The van der Waals surface area contributed by atoms with Gasteiger partial charge in [-0.05, 0) is 69.7 Å². The molecule has 11 atom stereocenters. The van der Waals surface area contributed by atoms with Crippen LogP contribution in [0.25, 0.3) is 0 Å². The summed E-state index contributed by atoms with van der Waals surface area (Å²) in [5.74, 6) is 1.37. The highest BCUT2D eigenvalue weighted by Crippen LogP contribution is 2.37. The van der Waals surface area contributed by atoms with Gasteiger partial charge in [-0.15, -0.1) is 23.4 Å². The van der Waals surface area contributed by atoms with Crippen molar-refractivity contribution in [2.24, 2.45) is 17.8 Å². The molecule has 0 bridgehead atoms. The van der Waals surface area contributed by atoms with Gasteiger partial charge < -0.3 is 40.7 Å². The van der Waals surface area contributed by atoms with Crippen molar-refractivity contribution in [3.8, 4) is 0 Å². The van der Waals surface area contributed by atoms with Gasteiger partial charge in [-0.3, -0.25) is 4.79 Å². The fourth-order valence-corrected chi connectivity index (χ4v) is 7.04. The molecule has 9 nitrogen and oxygen atoms in total. The maximum Gasteiger partial charge on any atom is 0.240 e. The molecular formula is C23H40ClN3O6S. The fraction of sp³-hybridized carbons (Fsp3) is 0.957. The zero-order chi connectivity index (χ0) is 24.4. The molecule has 11 heteroatoms. The van der Waals surface area contributed by atoms with Crippen molar-refractivity contribution in [1.82, 2.24) is 16.0 Å². The van der Waals surface area contributed by atoms with E-state index in [4.69, 9.17) is 21.1 Å². The Morgan fingerprint density at radius 2 is 1.82 bits per heavy atom. The monoisotopic (exact) mass is 521 g/mol. The molecule has 0 spiro atoms. The quantitative estimate of drug-likeness (QED) is 0.259. The van der Waals surface area contributed by atoms with E-state index in [1.807, 2.05) is 0 Å². The van der Waals surface area contributed by atoms with E-state index in [0.717, 1.165) is 32.5 Å². The van der Waals surface area contributed by atoms with Crippen LogP contribution in [0.4, 0.5) is 0 Å². The van der Waals surface area contributed by atoms with Gasteiger partial charge in [-0.25, -0.2) is 0 Å².